The van der Waals surface area contributed by atoms with Crippen molar-refractivity contribution in [3.63, 3.8) is 0 Å². The number of nitrogens with two attached hydrogens (primary N) is 1. The summed E-state index contributed by atoms with van der Waals surface area (Å²) < 4.78 is 13.0. The van der Waals surface area contributed by atoms with Gasteiger partial charge >= 0.3 is 0 Å². The van der Waals surface area contributed by atoms with Gasteiger partial charge in [-0.2, -0.15) is 0 Å². The lowest BCUT2D eigenvalue weighted by Gasteiger charge is -2.01. The van der Waals surface area contributed by atoms with E-state index < -0.39 is 0 Å². The maximum atomic E-state index is 13.0. The van der Waals surface area contributed by atoms with Gasteiger partial charge in [-0.05, 0) is 18.1 Å². The van der Waals surface area contributed by atoms with E-state index in [1.54, 1.807) is 6.92 Å². The quantitative estimate of drug-likeness (QED) is 0.715. The lowest BCUT2D eigenvalue weighted by Crippen LogP contribution is -2.00. The Kier molecular flexibility index (Phi) is 3.00. The Balaban J connectivity index is 3.00. The number of hydrogen-bond donors (Lipinski definition) is 1. The zero-order valence-electron chi connectivity index (χ0n) is 7.05. The average Bonchev–Trinajstić information content (AvgIpc) is 2.17. The molecule has 12 heavy (non-hydrogen) atoms. The topological polar surface area (TPSA) is 26.0 Å². The summed E-state index contributed by atoms with van der Waals surface area (Å²) in [7, 11) is 0. The van der Waals surface area contributed by atoms with Gasteiger partial charge in [-0.25, -0.2) is 4.39 Å². The first-order valence-corrected chi connectivity index (χ1v) is 3.86. The van der Waals surface area contributed by atoms with Gasteiger partial charge in [0.25, 0.3) is 0 Å². The lowest BCUT2D eigenvalue weighted by atomic mass is 10.1. The SMILES string of the molecule is CC(=C(F)CN)c1ccccc1. The van der Waals surface area contributed by atoms with Crippen LogP contribution in [0.15, 0.2) is 36.2 Å². The third-order valence-electron chi connectivity index (χ3n) is 1.79. The van der Waals surface area contributed by atoms with Crippen molar-refractivity contribution < 1.29 is 4.39 Å². The van der Waals surface area contributed by atoms with E-state index in [9.17, 15) is 4.39 Å². The van der Waals surface area contributed by atoms with Crippen LogP contribution in [0.3, 0.4) is 0 Å². The standard InChI is InChI=1S/C10H12FN/c1-8(10(11)7-12)9-5-3-2-4-6-9/h2-6H,7,12H2,1H3. The van der Waals surface area contributed by atoms with Crippen molar-refractivity contribution >= 4 is 5.57 Å². The average molecular weight is 165 g/mol. The second-order valence-electron chi connectivity index (χ2n) is 2.60. The molecule has 0 aliphatic rings. The van der Waals surface area contributed by atoms with E-state index in [0.717, 1.165) is 5.56 Å². The van der Waals surface area contributed by atoms with Crippen molar-refractivity contribution in [3.05, 3.63) is 41.7 Å². The number of hydrogen-bond acceptors (Lipinski definition) is 1. The van der Waals surface area contributed by atoms with E-state index in [0.29, 0.717) is 5.57 Å². The monoisotopic (exact) mass is 165 g/mol. The minimum Gasteiger partial charge on any atom is -0.325 e. The van der Waals surface area contributed by atoms with Gasteiger partial charge in [0, 0.05) is 6.54 Å². The highest BCUT2D eigenvalue weighted by Crippen LogP contribution is 2.17. The van der Waals surface area contributed by atoms with Gasteiger partial charge in [0.1, 0.15) is 5.83 Å². The van der Waals surface area contributed by atoms with Crippen LogP contribution in [-0.2, 0) is 0 Å². The van der Waals surface area contributed by atoms with Gasteiger partial charge in [0.15, 0.2) is 0 Å². The third-order valence-corrected chi connectivity index (χ3v) is 1.79. The van der Waals surface area contributed by atoms with Crippen molar-refractivity contribution in [2.24, 2.45) is 5.73 Å². The summed E-state index contributed by atoms with van der Waals surface area (Å²) in [5.41, 5.74) is 6.69. The molecule has 1 rings (SSSR count). The molecule has 0 heterocycles. The number of benzene rings is 1. The molecule has 0 spiro atoms. The van der Waals surface area contributed by atoms with Crippen LogP contribution in [-0.4, -0.2) is 6.54 Å². The molecule has 0 bridgehead atoms. The largest absolute Gasteiger partial charge is 0.325 e. The molecule has 1 aromatic carbocycles. The summed E-state index contributed by atoms with van der Waals surface area (Å²) in [6.07, 6.45) is 0. The summed E-state index contributed by atoms with van der Waals surface area (Å²) in [6.45, 7) is 1.71. The summed E-state index contributed by atoms with van der Waals surface area (Å²) in [5, 5.41) is 0. The minimum absolute atomic E-state index is 0.0271. The van der Waals surface area contributed by atoms with Gasteiger partial charge in [-0.3, -0.25) is 0 Å². The van der Waals surface area contributed by atoms with Crippen LogP contribution in [0, 0.1) is 0 Å². The third kappa shape index (κ3) is 1.92. The van der Waals surface area contributed by atoms with E-state index in [-0.39, 0.29) is 12.4 Å². The molecule has 0 atom stereocenters. The van der Waals surface area contributed by atoms with Gasteiger partial charge < -0.3 is 5.73 Å². The molecule has 0 aromatic heterocycles. The fraction of sp³-hybridized carbons (Fsp3) is 0.200. The Hall–Kier alpha value is -1.15. The molecule has 0 aliphatic heterocycles. The van der Waals surface area contributed by atoms with Gasteiger partial charge in [-0.1, -0.05) is 30.3 Å². The van der Waals surface area contributed by atoms with Crippen LogP contribution in [0.4, 0.5) is 4.39 Å². The molecule has 0 fully saturated rings. The molecule has 0 amide bonds. The molecule has 2 heteroatoms. The normalized spacial score (nSPS) is 12.6. The summed E-state index contributed by atoms with van der Waals surface area (Å²) in [4.78, 5) is 0. The molecule has 2 N–H and O–H groups in total. The van der Waals surface area contributed by atoms with Crippen molar-refractivity contribution in [2.75, 3.05) is 6.54 Å². The van der Waals surface area contributed by atoms with Crippen molar-refractivity contribution in [1.29, 1.82) is 0 Å². The van der Waals surface area contributed by atoms with Gasteiger partial charge in [-0.15, -0.1) is 0 Å². The highest BCUT2D eigenvalue weighted by Gasteiger charge is 2.00. The van der Waals surface area contributed by atoms with Gasteiger partial charge in [0.05, 0.1) is 0 Å². The smallest absolute Gasteiger partial charge is 0.117 e. The Morgan fingerprint density at radius 2 is 1.92 bits per heavy atom. The molecule has 1 nitrogen and oxygen atoms in total. The summed E-state index contributed by atoms with van der Waals surface area (Å²) in [6, 6.07) is 9.39. The molecule has 0 radical (unpaired) electrons. The van der Waals surface area contributed by atoms with Crippen LogP contribution >= 0.6 is 0 Å². The first-order valence-electron chi connectivity index (χ1n) is 3.86. The van der Waals surface area contributed by atoms with E-state index in [2.05, 4.69) is 0 Å². The van der Waals surface area contributed by atoms with Gasteiger partial charge in [0.2, 0.25) is 0 Å². The van der Waals surface area contributed by atoms with E-state index in [1.165, 1.54) is 0 Å². The second kappa shape index (κ2) is 4.02. The summed E-state index contributed by atoms with van der Waals surface area (Å²) >= 11 is 0. The predicted molar refractivity (Wildman–Crippen MR) is 49.2 cm³/mol. The Morgan fingerprint density at radius 3 is 2.42 bits per heavy atom. The second-order valence-corrected chi connectivity index (χ2v) is 2.60. The summed E-state index contributed by atoms with van der Waals surface area (Å²) in [5.74, 6) is -0.249. The number of halogens is 1. The molecule has 0 aliphatic carbocycles. The Labute approximate surface area is 71.7 Å². The maximum absolute atomic E-state index is 13.0. The predicted octanol–water partition coefficient (Wildman–Crippen LogP) is 2.35. The fourth-order valence-electron chi connectivity index (χ4n) is 0.998. The minimum atomic E-state index is -0.249. The number of rotatable bonds is 2. The molecule has 0 saturated heterocycles. The van der Waals surface area contributed by atoms with Crippen LogP contribution in [0.5, 0.6) is 0 Å². The maximum Gasteiger partial charge on any atom is 0.117 e. The first-order chi connectivity index (χ1) is 5.75. The van der Waals surface area contributed by atoms with Crippen molar-refractivity contribution in [2.45, 2.75) is 6.92 Å². The molecule has 64 valence electrons. The highest BCUT2D eigenvalue weighted by atomic mass is 19.1. The molecular weight excluding hydrogens is 153 g/mol. The van der Waals surface area contributed by atoms with Crippen LogP contribution < -0.4 is 5.73 Å². The van der Waals surface area contributed by atoms with Crippen molar-refractivity contribution in [1.82, 2.24) is 0 Å². The van der Waals surface area contributed by atoms with Crippen LogP contribution in [0.1, 0.15) is 12.5 Å². The van der Waals surface area contributed by atoms with E-state index in [1.807, 2.05) is 30.3 Å². The van der Waals surface area contributed by atoms with Crippen LogP contribution in [0.25, 0.3) is 5.57 Å². The van der Waals surface area contributed by atoms with Crippen LogP contribution in [0.2, 0.25) is 0 Å². The highest BCUT2D eigenvalue weighted by molar-refractivity contribution is 5.65. The fourth-order valence-corrected chi connectivity index (χ4v) is 0.998. The zero-order chi connectivity index (χ0) is 8.97. The zero-order valence-corrected chi connectivity index (χ0v) is 7.05. The molecule has 0 saturated carbocycles. The molecule has 0 unspecified atom stereocenters. The Morgan fingerprint density at radius 1 is 1.33 bits per heavy atom. The Bertz CT molecular complexity index is 277. The molecular formula is C10H12FN. The van der Waals surface area contributed by atoms with E-state index >= 15 is 0 Å². The first kappa shape index (κ1) is 8.94. The van der Waals surface area contributed by atoms with E-state index in [4.69, 9.17) is 5.73 Å². The number of allylic oxidation sites excluding steroid dienone is 1. The molecule has 1 aromatic rings. The van der Waals surface area contributed by atoms with Crippen molar-refractivity contribution in [3.8, 4) is 0 Å². The lowest BCUT2D eigenvalue weighted by molar-refractivity contribution is 0.621.